The molecule has 0 saturated heterocycles. The molecule has 0 amide bonds. The first-order valence-corrected chi connectivity index (χ1v) is 6.69. The summed E-state index contributed by atoms with van der Waals surface area (Å²) in [5.41, 5.74) is 4.67. The minimum atomic E-state index is 0.147. The predicted octanol–water partition coefficient (Wildman–Crippen LogP) is 1.57. The third-order valence-electron chi connectivity index (χ3n) is 2.90. The van der Waals surface area contributed by atoms with Gasteiger partial charge in [0.15, 0.2) is 0 Å². The van der Waals surface area contributed by atoms with Crippen LogP contribution < -0.4 is 11.3 Å². The number of hydrogen-bond acceptors (Lipinski definition) is 4. The van der Waals surface area contributed by atoms with Gasteiger partial charge in [-0.1, -0.05) is 18.5 Å². The summed E-state index contributed by atoms with van der Waals surface area (Å²) in [4.78, 5) is 0. The fourth-order valence-corrected chi connectivity index (χ4v) is 2.09. The van der Waals surface area contributed by atoms with E-state index < -0.39 is 0 Å². The van der Waals surface area contributed by atoms with Crippen molar-refractivity contribution in [3.63, 3.8) is 0 Å². The predicted molar refractivity (Wildman–Crippen MR) is 73.5 cm³/mol. The quantitative estimate of drug-likeness (QED) is 0.429. The minimum absolute atomic E-state index is 0.147. The molecular weight excluding hydrogens is 252 g/mol. The maximum Gasteiger partial charge on any atom is 0.0847 e. The molecule has 1 rings (SSSR count). The molecule has 0 aliphatic heterocycles. The van der Waals surface area contributed by atoms with E-state index in [-0.39, 0.29) is 6.04 Å². The van der Waals surface area contributed by atoms with Crippen LogP contribution in [0, 0.1) is 6.92 Å². The van der Waals surface area contributed by atoms with E-state index in [0.717, 1.165) is 42.3 Å². The number of nitrogens with two attached hydrogens (primary N) is 1. The molecule has 0 aromatic carbocycles. The topological polar surface area (TPSA) is 65.1 Å². The van der Waals surface area contributed by atoms with E-state index in [9.17, 15) is 0 Å². The Morgan fingerprint density at radius 2 is 2.22 bits per heavy atom. The van der Waals surface area contributed by atoms with Crippen LogP contribution in [-0.2, 0) is 18.2 Å². The molecule has 0 aliphatic carbocycles. The molecule has 1 aromatic rings. The van der Waals surface area contributed by atoms with E-state index in [0.29, 0.717) is 6.61 Å². The van der Waals surface area contributed by atoms with Crippen LogP contribution in [-0.4, -0.2) is 29.0 Å². The molecule has 6 heteroatoms. The smallest absolute Gasteiger partial charge is 0.0847 e. The van der Waals surface area contributed by atoms with Crippen molar-refractivity contribution in [2.75, 3.05) is 13.2 Å². The van der Waals surface area contributed by atoms with Gasteiger partial charge in [0, 0.05) is 32.7 Å². The highest BCUT2D eigenvalue weighted by molar-refractivity contribution is 6.31. The second-order valence-corrected chi connectivity index (χ2v) is 4.82. The Balaban J connectivity index is 2.51. The molecule has 0 aliphatic rings. The minimum Gasteiger partial charge on any atom is -0.381 e. The van der Waals surface area contributed by atoms with Crippen LogP contribution in [0.3, 0.4) is 0 Å². The summed E-state index contributed by atoms with van der Waals surface area (Å²) in [7, 11) is 1.90. The number of hydrogen-bond donors (Lipinski definition) is 2. The average molecular weight is 275 g/mol. The van der Waals surface area contributed by atoms with Crippen molar-refractivity contribution < 1.29 is 4.74 Å². The summed E-state index contributed by atoms with van der Waals surface area (Å²) >= 11 is 6.22. The normalized spacial score (nSPS) is 12.9. The van der Waals surface area contributed by atoms with Crippen molar-refractivity contribution >= 4 is 11.6 Å². The van der Waals surface area contributed by atoms with Crippen LogP contribution in [0.15, 0.2) is 0 Å². The zero-order chi connectivity index (χ0) is 13.5. The molecule has 1 atom stereocenters. The highest BCUT2D eigenvalue weighted by atomic mass is 35.5. The van der Waals surface area contributed by atoms with Crippen LogP contribution in [0.2, 0.25) is 5.02 Å². The zero-order valence-electron chi connectivity index (χ0n) is 11.4. The Morgan fingerprint density at radius 3 is 2.72 bits per heavy atom. The Bertz CT molecular complexity index is 367. The number of aryl methyl sites for hydroxylation is 2. The molecule has 0 fully saturated rings. The van der Waals surface area contributed by atoms with Gasteiger partial charge in [-0.15, -0.1) is 0 Å². The molecule has 0 radical (unpaired) electrons. The maximum absolute atomic E-state index is 6.22. The number of aromatic nitrogens is 2. The van der Waals surface area contributed by atoms with Gasteiger partial charge >= 0.3 is 0 Å². The van der Waals surface area contributed by atoms with Crippen LogP contribution >= 0.6 is 11.6 Å². The summed E-state index contributed by atoms with van der Waals surface area (Å²) in [6.07, 6.45) is 2.65. The van der Waals surface area contributed by atoms with Crippen molar-refractivity contribution in [2.24, 2.45) is 12.9 Å². The molecule has 104 valence electrons. The first-order valence-electron chi connectivity index (χ1n) is 6.32. The number of hydrazine groups is 1. The van der Waals surface area contributed by atoms with Gasteiger partial charge in [-0.2, -0.15) is 5.10 Å². The van der Waals surface area contributed by atoms with Crippen LogP contribution in [0.25, 0.3) is 0 Å². The molecule has 1 aromatic heterocycles. The summed E-state index contributed by atoms with van der Waals surface area (Å²) in [5, 5.41) is 5.02. The summed E-state index contributed by atoms with van der Waals surface area (Å²) < 4.78 is 7.28. The largest absolute Gasteiger partial charge is 0.381 e. The van der Waals surface area contributed by atoms with Crippen molar-refractivity contribution in [1.82, 2.24) is 15.2 Å². The summed E-state index contributed by atoms with van der Waals surface area (Å²) in [5.74, 6) is 5.56. The molecule has 5 nitrogen and oxygen atoms in total. The lowest BCUT2D eigenvalue weighted by Gasteiger charge is -2.16. The van der Waals surface area contributed by atoms with Crippen molar-refractivity contribution in [3.05, 3.63) is 16.4 Å². The molecule has 18 heavy (non-hydrogen) atoms. The van der Waals surface area contributed by atoms with E-state index in [1.54, 1.807) is 0 Å². The Hall–Kier alpha value is -0.620. The summed E-state index contributed by atoms with van der Waals surface area (Å²) in [6.45, 7) is 5.50. The molecule has 1 heterocycles. The molecule has 0 spiro atoms. The maximum atomic E-state index is 6.22. The van der Waals surface area contributed by atoms with Crippen molar-refractivity contribution in [1.29, 1.82) is 0 Å². The molecule has 3 N–H and O–H groups in total. The standard InChI is InChI=1S/C12H23ClN4O/c1-4-6-18-7-5-10(15-14)8-11-12(13)9(2)16-17(11)3/h10,15H,4-8,14H2,1-3H3. The van der Waals surface area contributed by atoms with Gasteiger partial charge in [0.1, 0.15) is 0 Å². The van der Waals surface area contributed by atoms with Gasteiger partial charge in [-0.05, 0) is 19.8 Å². The fraction of sp³-hybridized carbons (Fsp3) is 0.750. The number of ether oxygens (including phenoxy) is 1. The van der Waals surface area contributed by atoms with Gasteiger partial charge in [-0.3, -0.25) is 16.0 Å². The molecule has 0 bridgehead atoms. The Labute approximate surface area is 114 Å². The molecule has 0 saturated carbocycles. The SMILES string of the molecule is CCCOCCC(Cc1c(Cl)c(C)nn1C)NN. The monoisotopic (exact) mass is 274 g/mol. The van der Waals surface area contributed by atoms with Crippen molar-refractivity contribution in [2.45, 2.75) is 39.2 Å². The van der Waals surface area contributed by atoms with Gasteiger partial charge < -0.3 is 4.74 Å². The van der Waals surface area contributed by atoms with Crippen molar-refractivity contribution in [3.8, 4) is 0 Å². The fourth-order valence-electron chi connectivity index (χ4n) is 1.85. The van der Waals surface area contributed by atoms with E-state index in [1.807, 2.05) is 18.7 Å². The first-order chi connectivity index (χ1) is 8.60. The van der Waals surface area contributed by atoms with E-state index in [1.165, 1.54) is 0 Å². The van der Waals surface area contributed by atoms with Crippen LogP contribution in [0.5, 0.6) is 0 Å². The Kier molecular flexibility index (Phi) is 6.63. The van der Waals surface area contributed by atoms with Gasteiger partial charge in [0.2, 0.25) is 0 Å². The average Bonchev–Trinajstić information content (AvgIpc) is 2.59. The molecular formula is C12H23ClN4O. The third kappa shape index (κ3) is 4.24. The first kappa shape index (κ1) is 15.4. The number of nitrogens with one attached hydrogen (secondary N) is 1. The van der Waals surface area contributed by atoms with Gasteiger partial charge in [0.05, 0.1) is 16.4 Å². The third-order valence-corrected chi connectivity index (χ3v) is 3.39. The zero-order valence-corrected chi connectivity index (χ0v) is 12.1. The Morgan fingerprint density at radius 1 is 1.50 bits per heavy atom. The molecule has 1 unspecified atom stereocenters. The number of halogens is 1. The van der Waals surface area contributed by atoms with E-state index in [2.05, 4.69) is 17.4 Å². The van der Waals surface area contributed by atoms with Crippen LogP contribution in [0.1, 0.15) is 31.2 Å². The van der Waals surface area contributed by atoms with E-state index in [4.69, 9.17) is 22.2 Å². The van der Waals surface area contributed by atoms with Gasteiger partial charge in [-0.25, -0.2) is 0 Å². The number of nitrogens with zero attached hydrogens (tertiary/aromatic N) is 2. The van der Waals surface area contributed by atoms with Gasteiger partial charge in [0.25, 0.3) is 0 Å². The second-order valence-electron chi connectivity index (χ2n) is 4.44. The lowest BCUT2D eigenvalue weighted by Crippen LogP contribution is -2.38. The highest BCUT2D eigenvalue weighted by Gasteiger charge is 2.16. The van der Waals surface area contributed by atoms with E-state index >= 15 is 0 Å². The second kappa shape index (κ2) is 7.74. The highest BCUT2D eigenvalue weighted by Crippen LogP contribution is 2.21. The lowest BCUT2D eigenvalue weighted by molar-refractivity contribution is 0.124. The number of rotatable bonds is 8. The summed E-state index contributed by atoms with van der Waals surface area (Å²) in [6, 6.07) is 0.147. The van der Waals surface area contributed by atoms with Crippen LogP contribution in [0.4, 0.5) is 0 Å². The lowest BCUT2D eigenvalue weighted by atomic mass is 10.1.